The van der Waals surface area contributed by atoms with Crippen molar-refractivity contribution in [2.45, 2.75) is 32.1 Å². The maximum Gasteiger partial charge on any atom is 0.234 e. The maximum absolute atomic E-state index is 12.7. The molecule has 0 unspecified atom stereocenters. The molecule has 1 aromatic carbocycles. The number of anilines is 1. The van der Waals surface area contributed by atoms with Crippen molar-refractivity contribution in [2.75, 3.05) is 11.1 Å². The van der Waals surface area contributed by atoms with Gasteiger partial charge in [-0.15, -0.1) is 11.3 Å². The minimum atomic E-state index is -0.346. The molecule has 1 atom stereocenters. The highest BCUT2D eigenvalue weighted by atomic mass is 32.2. The highest BCUT2D eigenvalue weighted by Gasteiger charge is 2.37. The second-order valence-electron chi connectivity index (χ2n) is 7.30. The van der Waals surface area contributed by atoms with Crippen molar-refractivity contribution in [3.05, 3.63) is 74.1 Å². The van der Waals surface area contributed by atoms with Gasteiger partial charge in [0, 0.05) is 28.3 Å². The fraction of sp³-hybridized carbons (Fsp3) is 0.261. The molecule has 7 heteroatoms. The lowest BCUT2D eigenvalue weighted by atomic mass is 9.79. The van der Waals surface area contributed by atoms with Gasteiger partial charge in [-0.2, -0.15) is 5.26 Å². The van der Waals surface area contributed by atoms with Gasteiger partial charge in [-0.1, -0.05) is 30.0 Å². The predicted molar refractivity (Wildman–Crippen MR) is 121 cm³/mol. The van der Waals surface area contributed by atoms with E-state index in [2.05, 4.69) is 16.7 Å². The van der Waals surface area contributed by atoms with E-state index in [1.165, 1.54) is 11.8 Å². The van der Waals surface area contributed by atoms with Crippen molar-refractivity contribution in [3.8, 4) is 6.07 Å². The number of nitriles is 1. The minimum absolute atomic E-state index is 0.108. The molecule has 2 aliphatic rings. The van der Waals surface area contributed by atoms with Crippen LogP contribution in [0.3, 0.4) is 0 Å². The molecule has 2 heterocycles. The van der Waals surface area contributed by atoms with Gasteiger partial charge in [-0.25, -0.2) is 0 Å². The summed E-state index contributed by atoms with van der Waals surface area (Å²) in [4.78, 5) is 26.2. The number of rotatable bonds is 5. The van der Waals surface area contributed by atoms with Gasteiger partial charge in [0.15, 0.2) is 5.78 Å². The molecule has 0 saturated carbocycles. The van der Waals surface area contributed by atoms with Crippen LogP contribution < -0.4 is 10.6 Å². The Balaban J connectivity index is 1.57. The number of thiophene rings is 1. The lowest BCUT2D eigenvalue weighted by Gasteiger charge is -2.32. The first-order valence-corrected chi connectivity index (χ1v) is 11.6. The van der Waals surface area contributed by atoms with Crippen LogP contribution in [-0.4, -0.2) is 17.4 Å². The standard InChI is InChI=1S/C23H21N3O2S2/c1-14-5-2-6-15(11-14)25-20(28)13-30-23-16(12-24)21(19-9-4-10-29-19)22-17(26-23)7-3-8-18(22)27/h2,4-6,9-11,21,26H,3,7-8,13H2,1H3,(H,25,28)/t21-/m0/s1. The Kier molecular flexibility index (Phi) is 6.07. The van der Waals surface area contributed by atoms with Crippen LogP contribution in [0.4, 0.5) is 5.69 Å². The lowest BCUT2D eigenvalue weighted by molar-refractivity contribution is -0.116. The predicted octanol–water partition coefficient (Wildman–Crippen LogP) is 4.86. The van der Waals surface area contributed by atoms with Gasteiger partial charge in [0.05, 0.1) is 28.3 Å². The van der Waals surface area contributed by atoms with E-state index in [1.54, 1.807) is 11.3 Å². The number of dihydropyridines is 1. The number of nitrogens with one attached hydrogen (secondary N) is 2. The summed E-state index contributed by atoms with van der Waals surface area (Å²) in [6.07, 6.45) is 2.10. The van der Waals surface area contributed by atoms with E-state index in [0.29, 0.717) is 22.6 Å². The molecule has 0 bridgehead atoms. The van der Waals surface area contributed by atoms with Crippen LogP contribution in [0.15, 0.2) is 63.7 Å². The number of benzene rings is 1. The molecule has 2 N–H and O–H groups in total. The average molecular weight is 436 g/mol. The lowest BCUT2D eigenvalue weighted by Crippen LogP contribution is -2.31. The quantitative estimate of drug-likeness (QED) is 0.701. The third kappa shape index (κ3) is 4.20. The normalized spacial score (nSPS) is 18.5. The van der Waals surface area contributed by atoms with Crippen LogP contribution in [0.5, 0.6) is 0 Å². The third-order valence-corrected chi connectivity index (χ3v) is 7.09. The highest BCUT2D eigenvalue weighted by Crippen LogP contribution is 2.45. The summed E-state index contributed by atoms with van der Waals surface area (Å²) < 4.78 is 0. The first-order chi connectivity index (χ1) is 14.6. The highest BCUT2D eigenvalue weighted by molar-refractivity contribution is 8.03. The topological polar surface area (TPSA) is 82.0 Å². The molecule has 0 saturated heterocycles. The first-order valence-electron chi connectivity index (χ1n) is 9.77. The minimum Gasteiger partial charge on any atom is -0.352 e. The number of ketones is 1. The Bertz CT molecular complexity index is 1090. The van der Waals surface area contributed by atoms with Gasteiger partial charge in [-0.05, 0) is 48.9 Å². The molecule has 2 aromatic rings. The monoisotopic (exact) mass is 435 g/mol. The molecule has 1 amide bonds. The van der Waals surface area contributed by atoms with Gasteiger partial charge in [0.25, 0.3) is 0 Å². The second kappa shape index (κ2) is 8.90. The summed E-state index contributed by atoms with van der Waals surface area (Å²) in [6, 6.07) is 13.9. The van der Waals surface area contributed by atoms with E-state index >= 15 is 0 Å². The number of carbonyl (C=O) groups excluding carboxylic acids is 2. The van der Waals surface area contributed by atoms with Crippen molar-refractivity contribution in [3.63, 3.8) is 0 Å². The third-order valence-electron chi connectivity index (χ3n) is 5.14. The Morgan fingerprint density at radius 2 is 2.20 bits per heavy atom. The Hall–Kier alpha value is -2.82. The summed E-state index contributed by atoms with van der Waals surface area (Å²) in [7, 11) is 0. The summed E-state index contributed by atoms with van der Waals surface area (Å²) in [6.45, 7) is 1.97. The van der Waals surface area contributed by atoms with E-state index < -0.39 is 0 Å². The van der Waals surface area contributed by atoms with E-state index in [0.717, 1.165) is 34.7 Å². The Morgan fingerprint density at radius 3 is 2.93 bits per heavy atom. The number of aryl methyl sites for hydroxylation is 1. The van der Waals surface area contributed by atoms with E-state index in [9.17, 15) is 14.9 Å². The van der Waals surface area contributed by atoms with Crippen molar-refractivity contribution in [1.29, 1.82) is 5.26 Å². The summed E-state index contributed by atoms with van der Waals surface area (Å²) in [5.41, 5.74) is 3.95. The Morgan fingerprint density at radius 1 is 1.33 bits per heavy atom. The summed E-state index contributed by atoms with van der Waals surface area (Å²) in [5, 5.41) is 18.8. The fourth-order valence-electron chi connectivity index (χ4n) is 3.84. The molecule has 5 nitrogen and oxygen atoms in total. The number of thioether (sulfide) groups is 1. The van der Waals surface area contributed by atoms with Gasteiger partial charge in [0.1, 0.15) is 0 Å². The molecule has 1 aliphatic carbocycles. The van der Waals surface area contributed by atoms with Gasteiger partial charge in [-0.3, -0.25) is 9.59 Å². The molecule has 4 rings (SSSR count). The zero-order valence-electron chi connectivity index (χ0n) is 16.5. The van der Waals surface area contributed by atoms with Crippen molar-refractivity contribution < 1.29 is 9.59 Å². The van der Waals surface area contributed by atoms with Crippen LogP contribution in [0, 0.1) is 18.3 Å². The van der Waals surface area contributed by atoms with E-state index in [4.69, 9.17) is 0 Å². The van der Waals surface area contributed by atoms with Gasteiger partial charge >= 0.3 is 0 Å². The van der Waals surface area contributed by atoms with Crippen LogP contribution in [0.2, 0.25) is 0 Å². The number of hydrogen-bond donors (Lipinski definition) is 2. The molecular formula is C23H21N3O2S2. The van der Waals surface area contributed by atoms with Gasteiger partial charge < -0.3 is 10.6 Å². The number of amides is 1. The molecule has 152 valence electrons. The molecule has 1 aliphatic heterocycles. The molecule has 30 heavy (non-hydrogen) atoms. The van der Waals surface area contributed by atoms with Crippen molar-refractivity contribution in [1.82, 2.24) is 5.32 Å². The van der Waals surface area contributed by atoms with Crippen molar-refractivity contribution in [2.24, 2.45) is 0 Å². The fourth-order valence-corrected chi connectivity index (χ4v) is 5.54. The molecule has 0 fully saturated rings. The zero-order valence-corrected chi connectivity index (χ0v) is 18.2. The van der Waals surface area contributed by atoms with Crippen LogP contribution in [-0.2, 0) is 9.59 Å². The Labute approximate surface area is 183 Å². The zero-order chi connectivity index (χ0) is 21.1. The molecular weight excluding hydrogens is 414 g/mol. The number of allylic oxidation sites excluding steroid dienone is 3. The number of hydrogen-bond acceptors (Lipinski definition) is 6. The molecule has 0 spiro atoms. The number of Topliss-reactive ketones (excluding diaryl/α,β-unsaturated/α-hetero) is 1. The smallest absolute Gasteiger partial charge is 0.234 e. The SMILES string of the molecule is Cc1cccc(NC(=O)CSC2=C(C#N)[C@@H](c3cccs3)C3=C(CCCC3=O)N2)c1. The van der Waals surface area contributed by atoms with Crippen LogP contribution >= 0.6 is 23.1 Å². The van der Waals surface area contributed by atoms with Gasteiger partial charge in [0.2, 0.25) is 5.91 Å². The maximum atomic E-state index is 12.7. The number of carbonyl (C=O) groups is 2. The average Bonchev–Trinajstić information content (AvgIpc) is 3.26. The van der Waals surface area contributed by atoms with E-state index in [-0.39, 0.29) is 23.4 Å². The largest absolute Gasteiger partial charge is 0.352 e. The van der Waals surface area contributed by atoms with Crippen LogP contribution in [0.1, 0.15) is 35.6 Å². The van der Waals surface area contributed by atoms with Crippen LogP contribution in [0.25, 0.3) is 0 Å². The summed E-state index contributed by atoms with van der Waals surface area (Å²) in [5.74, 6) is -0.197. The second-order valence-corrected chi connectivity index (χ2v) is 9.27. The van der Waals surface area contributed by atoms with Crippen molar-refractivity contribution >= 4 is 40.5 Å². The molecule has 1 aromatic heterocycles. The van der Waals surface area contributed by atoms with E-state index in [1.807, 2.05) is 48.7 Å². The first kappa shape index (κ1) is 20.5. The molecule has 0 radical (unpaired) electrons. The summed E-state index contributed by atoms with van der Waals surface area (Å²) >= 11 is 2.86. The number of nitrogens with zero attached hydrogens (tertiary/aromatic N) is 1.